The third kappa shape index (κ3) is 5.52. The lowest BCUT2D eigenvalue weighted by atomic mass is 10.3. The normalized spacial score (nSPS) is 7.29. The van der Waals surface area contributed by atoms with Crippen LogP contribution in [0.5, 0.6) is 0 Å². The first kappa shape index (κ1) is 6.52. The molecule has 0 radical (unpaired) electrons. The van der Waals surface area contributed by atoms with E-state index in [0.717, 1.165) is 6.42 Å². The maximum atomic E-state index is 3.09. The Morgan fingerprint density at radius 3 is 2.29 bits per heavy atom. The average Bonchev–Trinajstić information content (AvgIpc) is 1.61. The minimum absolute atomic E-state index is 1.09. The van der Waals surface area contributed by atoms with Gasteiger partial charge in [0.05, 0.1) is 0 Å². The molecular weight excluding hydrogens is 84.1 g/mol. The first-order valence-corrected chi connectivity index (χ1v) is 2.65. The Labute approximate surface area is 45.5 Å². The van der Waals surface area contributed by atoms with E-state index in [-0.39, 0.29) is 0 Å². The molecule has 0 bridgehead atoms. The number of allylic oxidation sites excluding steroid dienone is 1. The Kier molecular flexibility index (Phi) is 3.45. The molecule has 0 aromatic carbocycles. The van der Waals surface area contributed by atoms with Crippen molar-refractivity contribution in [1.82, 2.24) is 0 Å². The quantitative estimate of drug-likeness (QED) is 0.440. The standard InChI is InChI=1S/C7H12/c1-4-5-6-7(2)3/h5H,4H2,1-3H3. The zero-order chi connectivity index (χ0) is 5.70. The van der Waals surface area contributed by atoms with Gasteiger partial charge >= 0.3 is 0 Å². The van der Waals surface area contributed by atoms with Crippen LogP contribution in [0.1, 0.15) is 27.2 Å². The summed E-state index contributed by atoms with van der Waals surface area (Å²) in [7, 11) is 0. The van der Waals surface area contributed by atoms with Gasteiger partial charge in [-0.1, -0.05) is 6.92 Å². The average molecular weight is 96.2 g/mol. The molecule has 0 fully saturated rings. The van der Waals surface area contributed by atoms with Gasteiger partial charge in [-0.15, -0.1) is 5.73 Å². The number of hydrogen-bond acceptors (Lipinski definition) is 0. The predicted molar refractivity (Wildman–Crippen MR) is 33.2 cm³/mol. The molecule has 0 rings (SSSR count). The van der Waals surface area contributed by atoms with E-state index in [0.29, 0.717) is 0 Å². The summed E-state index contributed by atoms with van der Waals surface area (Å²) in [5.41, 5.74) is 4.34. The van der Waals surface area contributed by atoms with Crippen LogP contribution in [0.25, 0.3) is 0 Å². The molecule has 0 N–H and O–H groups in total. The summed E-state index contributed by atoms with van der Waals surface area (Å²) >= 11 is 0. The molecule has 0 heterocycles. The highest BCUT2D eigenvalue weighted by molar-refractivity contribution is 4.92. The molecule has 0 aromatic rings. The molecule has 7 heavy (non-hydrogen) atoms. The van der Waals surface area contributed by atoms with Crippen LogP contribution in [-0.2, 0) is 0 Å². The Hall–Kier alpha value is -0.480. The molecule has 0 heteroatoms. The van der Waals surface area contributed by atoms with Crippen LogP contribution in [0.2, 0.25) is 0 Å². The molecule has 0 aliphatic carbocycles. The van der Waals surface area contributed by atoms with Gasteiger partial charge in [0.2, 0.25) is 0 Å². The highest BCUT2D eigenvalue weighted by atomic mass is 13.7. The smallest absolute Gasteiger partial charge is 0.0303 e. The SMILES string of the molecule is CCC=C=C(C)C. The van der Waals surface area contributed by atoms with Crippen molar-refractivity contribution in [2.45, 2.75) is 27.2 Å². The summed E-state index contributed by atoms with van der Waals surface area (Å²) in [6, 6.07) is 0. The predicted octanol–water partition coefficient (Wildman–Crippen LogP) is 2.52. The molecule has 0 amide bonds. The first-order valence-electron chi connectivity index (χ1n) is 2.65. The lowest BCUT2D eigenvalue weighted by Crippen LogP contribution is -1.53. The van der Waals surface area contributed by atoms with Crippen molar-refractivity contribution in [3.05, 3.63) is 17.4 Å². The van der Waals surface area contributed by atoms with Crippen molar-refractivity contribution in [2.75, 3.05) is 0 Å². The van der Waals surface area contributed by atoms with Crippen molar-refractivity contribution >= 4 is 0 Å². The van der Waals surface area contributed by atoms with E-state index in [1.165, 1.54) is 5.57 Å². The Morgan fingerprint density at radius 1 is 1.57 bits per heavy atom. The van der Waals surface area contributed by atoms with Gasteiger partial charge in [-0.25, -0.2) is 0 Å². The largest absolute Gasteiger partial charge is 0.127 e. The van der Waals surface area contributed by atoms with Crippen LogP contribution in [0, 0.1) is 0 Å². The molecule has 0 saturated heterocycles. The van der Waals surface area contributed by atoms with E-state index in [9.17, 15) is 0 Å². The minimum Gasteiger partial charge on any atom is -0.127 e. The molecule has 0 aliphatic heterocycles. The summed E-state index contributed by atoms with van der Waals surface area (Å²) in [4.78, 5) is 0. The van der Waals surface area contributed by atoms with Crippen molar-refractivity contribution in [2.24, 2.45) is 0 Å². The third-order valence-electron chi connectivity index (χ3n) is 0.595. The Morgan fingerprint density at radius 2 is 2.14 bits per heavy atom. The molecular formula is C7H12. The van der Waals surface area contributed by atoms with Gasteiger partial charge in [0.15, 0.2) is 0 Å². The van der Waals surface area contributed by atoms with Crippen molar-refractivity contribution in [1.29, 1.82) is 0 Å². The fourth-order valence-corrected chi connectivity index (χ4v) is 0.306. The van der Waals surface area contributed by atoms with Gasteiger partial charge < -0.3 is 0 Å². The second-order valence-electron chi connectivity index (χ2n) is 1.76. The molecule has 0 aliphatic rings. The zero-order valence-electron chi connectivity index (χ0n) is 5.28. The summed E-state index contributed by atoms with van der Waals surface area (Å²) in [6.45, 7) is 6.20. The van der Waals surface area contributed by atoms with Gasteiger partial charge in [-0.3, -0.25) is 0 Å². The lowest BCUT2D eigenvalue weighted by molar-refractivity contribution is 1.22. The van der Waals surface area contributed by atoms with Gasteiger partial charge in [-0.05, 0) is 31.9 Å². The summed E-state index contributed by atoms with van der Waals surface area (Å²) in [5, 5.41) is 0. The van der Waals surface area contributed by atoms with E-state index in [2.05, 4.69) is 12.7 Å². The van der Waals surface area contributed by atoms with E-state index >= 15 is 0 Å². The van der Waals surface area contributed by atoms with Crippen molar-refractivity contribution in [3.8, 4) is 0 Å². The molecule has 0 spiro atoms. The molecule has 0 atom stereocenters. The van der Waals surface area contributed by atoms with E-state index in [1.807, 2.05) is 19.9 Å². The molecule has 0 nitrogen and oxygen atoms in total. The Bertz CT molecular complexity index is 88.6. The second kappa shape index (κ2) is 3.70. The van der Waals surface area contributed by atoms with Crippen LogP contribution in [0.3, 0.4) is 0 Å². The van der Waals surface area contributed by atoms with Crippen LogP contribution in [0.15, 0.2) is 17.4 Å². The lowest BCUT2D eigenvalue weighted by Gasteiger charge is -1.73. The van der Waals surface area contributed by atoms with Gasteiger partial charge in [-0.2, -0.15) is 0 Å². The van der Waals surface area contributed by atoms with Gasteiger partial charge in [0.1, 0.15) is 0 Å². The topological polar surface area (TPSA) is 0 Å². The molecule has 0 aromatic heterocycles. The van der Waals surface area contributed by atoms with Gasteiger partial charge in [0.25, 0.3) is 0 Å². The van der Waals surface area contributed by atoms with E-state index in [4.69, 9.17) is 0 Å². The molecule has 0 saturated carbocycles. The van der Waals surface area contributed by atoms with Crippen LogP contribution in [0.4, 0.5) is 0 Å². The summed E-state index contributed by atoms with van der Waals surface area (Å²) < 4.78 is 0. The monoisotopic (exact) mass is 96.1 g/mol. The van der Waals surface area contributed by atoms with E-state index in [1.54, 1.807) is 0 Å². The highest BCUT2D eigenvalue weighted by Crippen LogP contribution is 1.83. The first-order chi connectivity index (χ1) is 3.27. The Balaban J connectivity index is 3.62. The number of hydrogen-bond donors (Lipinski definition) is 0. The van der Waals surface area contributed by atoms with E-state index < -0.39 is 0 Å². The minimum atomic E-state index is 1.09. The molecule has 0 unspecified atom stereocenters. The van der Waals surface area contributed by atoms with Crippen LogP contribution >= 0.6 is 0 Å². The third-order valence-corrected chi connectivity index (χ3v) is 0.595. The number of rotatable bonds is 1. The van der Waals surface area contributed by atoms with Crippen molar-refractivity contribution in [3.63, 3.8) is 0 Å². The van der Waals surface area contributed by atoms with Crippen LogP contribution < -0.4 is 0 Å². The maximum absolute atomic E-state index is 3.09. The summed E-state index contributed by atoms with van der Waals surface area (Å²) in [6.07, 6.45) is 3.13. The summed E-state index contributed by atoms with van der Waals surface area (Å²) in [5.74, 6) is 0. The van der Waals surface area contributed by atoms with Gasteiger partial charge in [0, 0.05) is 0 Å². The van der Waals surface area contributed by atoms with Crippen molar-refractivity contribution < 1.29 is 0 Å². The maximum Gasteiger partial charge on any atom is -0.0303 e. The second-order valence-corrected chi connectivity index (χ2v) is 1.76. The fraction of sp³-hybridized carbons (Fsp3) is 0.571. The molecule has 40 valence electrons. The zero-order valence-corrected chi connectivity index (χ0v) is 5.28. The highest BCUT2D eigenvalue weighted by Gasteiger charge is 1.63. The van der Waals surface area contributed by atoms with Crippen LogP contribution in [-0.4, -0.2) is 0 Å². The fourth-order valence-electron chi connectivity index (χ4n) is 0.306.